The van der Waals surface area contributed by atoms with Crippen LogP contribution in [0.4, 0.5) is 0 Å². The van der Waals surface area contributed by atoms with Gasteiger partial charge in [-0.05, 0) is 39.0 Å². The van der Waals surface area contributed by atoms with E-state index in [1.807, 2.05) is 44.2 Å². The number of rotatable bonds is 7. The molecule has 2 heterocycles. The van der Waals surface area contributed by atoms with Gasteiger partial charge in [0.25, 0.3) is 0 Å². The van der Waals surface area contributed by atoms with Crippen LogP contribution in [0.2, 0.25) is 0 Å². The number of Topliss-reactive ketones (excluding diaryl/α,β-unsaturated/α-hetero) is 1. The minimum absolute atomic E-state index is 0.120. The number of nitrogens with one attached hydrogen (secondary N) is 1. The highest BCUT2D eigenvalue weighted by atomic mass is 32.2. The van der Waals surface area contributed by atoms with Crippen LogP contribution >= 0.6 is 11.8 Å². The number of aromatic nitrogens is 3. The fraction of sp³-hybridized carbons (Fsp3) is 0.368. The van der Waals surface area contributed by atoms with Gasteiger partial charge < -0.3 is 14.3 Å². The number of imidazole rings is 1. The number of ketones is 1. The van der Waals surface area contributed by atoms with Crippen LogP contribution in [-0.4, -0.2) is 39.8 Å². The highest BCUT2D eigenvalue weighted by Crippen LogP contribution is 2.24. The third-order valence-electron chi connectivity index (χ3n) is 4.34. The zero-order valence-electron chi connectivity index (χ0n) is 15.0. The number of aryl methyl sites for hydroxylation is 1. The summed E-state index contributed by atoms with van der Waals surface area (Å²) in [5.41, 5.74) is 4.77. The van der Waals surface area contributed by atoms with E-state index in [0.29, 0.717) is 12.4 Å². The first-order valence-corrected chi connectivity index (χ1v) is 9.28. The second-order valence-corrected chi connectivity index (χ2v) is 7.19. The fourth-order valence-electron chi connectivity index (χ4n) is 3.26. The van der Waals surface area contributed by atoms with E-state index in [2.05, 4.69) is 21.5 Å². The first-order valence-electron chi connectivity index (χ1n) is 8.29. The number of fused-ring (bicyclic) bond motifs is 1. The number of benzene rings is 1. The average Bonchev–Trinajstić information content (AvgIpc) is 3.13. The smallest absolute Gasteiger partial charge is 0.175 e. The van der Waals surface area contributed by atoms with Crippen molar-refractivity contribution in [2.24, 2.45) is 0 Å². The predicted octanol–water partition coefficient (Wildman–Crippen LogP) is 4.16. The molecule has 0 aliphatic heterocycles. The number of para-hydroxylation sites is 2. The molecule has 0 radical (unpaired) electrons. The average molecular weight is 357 g/mol. The quantitative estimate of drug-likeness (QED) is 0.509. The van der Waals surface area contributed by atoms with E-state index in [-0.39, 0.29) is 11.8 Å². The third kappa shape index (κ3) is 3.65. The summed E-state index contributed by atoms with van der Waals surface area (Å²) in [6.45, 7) is 6.75. The molecule has 6 heteroatoms. The Bertz CT molecular complexity index is 864. The summed E-state index contributed by atoms with van der Waals surface area (Å²) in [6, 6.07) is 10.1. The Balaban J connectivity index is 1.74. The van der Waals surface area contributed by atoms with Gasteiger partial charge in [-0.2, -0.15) is 0 Å². The fourth-order valence-corrected chi connectivity index (χ4v) is 4.03. The van der Waals surface area contributed by atoms with Crippen LogP contribution in [0.25, 0.3) is 11.0 Å². The van der Waals surface area contributed by atoms with Crippen molar-refractivity contribution in [3.05, 3.63) is 47.3 Å². The third-order valence-corrected chi connectivity index (χ3v) is 5.21. The van der Waals surface area contributed by atoms with E-state index < -0.39 is 0 Å². The van der Waals surface area contributed by atoms with Crippen molar-refractivity contribution in [2.75, 3.05) is 19.5 Å². The van der Waals surface area contributed by atoms with Gasteiger partial charge in [-0.25, -0.2) is 4.98 Å². The number of hydrogen-bond donors (Lipinski definition) is 1. The number of methoxy groups -OCH3 is 1. The molecule has 0 aliphatic rings. The van der Waals surface area contributed by atoms with Gasteiger partial charge in [0.05, 0.1) is 29.4 Å². The van der Waals surface area contributed by atoms with Crippen LogP contribution in [0, 0.1) is 13.8 Å². The number of H-pyrrole nitrogens is 1. The topological polar surface area (TPSA) is 59.9 Å². The number of nitrogens with zero attached hydrogens (tertiary/aromatic N) is 2. The molecule has 2 aromatic heterocycles. The van der Waals surface area contributed by atoms with Crippen molar-refractivity contribution in [3.8, 4) is 0 Å². The molecule has 25 heavy (non-hydrogen) atoms. The number of carbonyl (C=O) groups excluding carboxylic acids is 1. The summed E-state index contributed by atoms with van der Waals surface area (Å²) < 4.78 is 7.42. The number of aromatic amines is 1. The highest BCUT2D eigenvalue weighted by Gasteiger charge is 2.19. The molecule has 0 bridgehead atoms. The maximum Gasteiger partial charge on any atom is 0.175 e. The van der Waals surface area contributed by atoms with Gasteiger partial charge in [0.15, 0.2) is 10.9 Å². The van der Waals surface area contributed by atoms with Gasteiger partial charge in [-0.3, -0.25) is 4.79 Å². The maximum absolute atomic E-state index is 12.7. The Labute approximate surface area is 151 Å². The number of ether oxygens (including phenoxy) is 1. The second-order valence-electron chi connectivity index (χ2n) is 6.23. The molecule has 5 nitrogen and oxygen atoms in total. The van der Waals surface area contributed by atoms with E-state index in [1.165, 1.54) is 11.8 Å². The Morgan fingerprint density at radius 1 is 1.36 bits per heavy atom. The lowest BCUT2D eigenvalue weighted by Crippen LogP contribution is -2.14. The lowest BCUT2D eigenvalue weighted by Gasteiger charge is -2.17. The van der Waals surface area contributed by atoms with Gasteiger partial charge in [0.2, 0.25) is 0 Å². The molecule has 0 unspecified atom stereocenters. The van der Waals surface area contributed by atoms with E-state index in [9.17, 15) is 4.79 Å². The van der Waals surface area contributed by atoms with Crippen molar-refractivity contribution in [1.82, 2.24) is 14.5 Å². The van der Waals surface area contributed by atoms with Crippen LogP contribution in [0.3, 0.4) is 0 Å². The molecule has 1 N–H and O–H groups in total. The Morgan fingerprint density at radius 3 is 2.84 bits per heavy atom. The first kappa shape index (κ1) is 17.8. The molecular weight excluding hydrogens is 334 g/mol. The Morgan fingerprint density at radius 2 is 2.12 bits per heavy atom. The lowest BCUT2D eigenvalue weighted by atomic mass is 10.2. The second kappa shape index (κ2) is 7.45. The van der Waals surface area contributed by atoms with Crippen LogP contribution in [0.1, 0.15) is 34.7 Å². The highest BCUT2D eigenvalue weighted by molar-refractivity contribution is 7.99. The monoisotopic (exact) mass is 357 g/mol. The van der Waals surface area contributed by atoms with E-state index in [1.54, 1.807) is 7.11 Å². The number of carbonyl (C=O) groups is 1. The van der Waals surface area contributed by atoms with Crippen molar-refractivity contribution in [1.29, 1.82) is 0 Å². The summed E-state index contributed by atoms with van der Waals surface area (Å²) in [5.74, 6) is 0.484. The molecule has 0 aliphatic carbocycles. The zero-order valence-corrected chi connectivity index (χ0v) is 15.8. The molecule has 0 fully saturated rings. The molecule has 132 valence electrons. The Hall–Kier alpha value is -2.05. The summed E-state index contributed by atoms with van der Waals surface area (Å²) in [6.07, 6.45) is 0. The predicted molar refractivity (Wildman–Crippen MR) is 102 cm³/mol. The van der Waals surface area contributed by atoms with E-state index >= 15 is 0 Å². The summed E-state index contributed by atoms with van der Waals surface area (Å²) in [4.78, 5) is 20.4. The van der Waals surface area contributed by atoms with Crippen molar-refractivity contribution < 1.29 is 9.53 Å². The summed E-state index contributed by atoms with van der Waals surface area (Å²) in [7, 11) is 1.70. The van der Waals surface area contributed by atoms with E-state index in [0.717, 1.165) is 33.1 Å². The molecule has 1 atom stereocenters. The number of thioether (sulfide) groups is 1. The SMILES string of the molecule is COC[C@H](C)n1c(C)cc(C(=O)CSc2nc3ccccc3[nH]2)c1C. The van der Waals surface area contributed by atoms with Crippen molar-refractivity contribution in [2.45, 2.75) is 32.0 Å². The van der Waals surface area contributed by atoms with Crippen molar-refractivity contribution in [3.63, 3.8) is 0 Å². The number of hydrogen-bond acceptors (Lipinski definition) is 4. The van der Waals surface area contributed by atoms with Gasteiger partial charge >= 0.3 is 0 Å². The maximum atomic E-state index is 12.7. The molecule has 0 spiro atoms. The minimum Gasteiger partial charge on any atom is -0.383 e. The van der Waals surface area contributed by atoms with Gasteiger partial charge in [-0.1, -0.05) is 23.9 Å². The molecule has 0 amide bonds. The van der Waals surface area contributed by atoms with Crippen LogP contribution in [-0.2, 0) is 4.74 Å². The molecule has 1 aromatic carbocycles. The molecular formula is C19H23N3O2S. The van der Waals surface area contributed by atoms with Crippen LogP contribution in [0.15, 0.2) is 35.5 Å². The first-order chi connectivity index (χ1) is 12.0. The summed E-state index contributed by atoms with van der Waals surface area (Å²) >= 11 is 1.44. The van der Waals surface area contributed by atoms with Crippen LogP contribution in [0.5, 0.6) is 0 Å². The zero-order chi connectivity index (χ0) is 18.0. The van der Waals surface area contributed by atoms with E-state index in [4.69, 9.17) is 4.74 Å². The minimum atomic E-state index is 0.120. The van der Waals surface area contributed by atoms with Crippen molar-refractivity contribution >= 4 is 28.6 Å². The van der Waals surface area contributed by atoms with Gasteiger partial charge in [0.1, 0.15) is 0 Å². The normalized spacial score (nSPS) is 12.6. The molecule has 0 saturated heterocycles. The molecule has 3 aromatic rings. The van der Waals surface area contributed by atoms with Crippen LogP contribution < -0.4 is 0 Å². The Kier molecular flexibility index (Phi) is 5.30. The summed E-state index contributed by atoms with van der Waals surface area (Å²) in [5, 5.41) is 0.774. The van der Waals surface area contributed by atoms with Gasteiger partial charge in [0, 0.05) is 24.1 Å². The largest absolute Gasteiger partial charge is 0.383 e. The lowest BCUT2D eigenvalue weighted by molar-refractivity contribution is 0.102. The molecule has 0 saturated carbocycles. The van der Waals surface area contributed by atoms with Gasteiger partial charge in [-0.15, -0.1) is 0 Å². The molecule has 3 rings (SSSR count). The standard InChI is InChI=1S/C19H23N3O2S/c1-12-9-15(14(3)22(12)13(2)10-24-4)18(23)11-25-19-20-16-7-5-6-8-17(16)21-19/h5-9,13H,10-11H2,1-4H3,(H,20,21)/t13-/m0/s1.